The van der Waals surface area contributed by atoms with Crippen LogP contribution in [-0.2, 0) is 0 Å². The molecule has 88 valence electrons. The number of rotatable bonds is 4. The molecule has 2 saturated carbocycles. The molecule has 0 bridgehead atoms. The van der Waals surface area contributed by atoms with E-state index >= 15 is 0 Å². The molecular formula is C13H26N2. The maximum absolute atomic E-state index is 6.39. The Morgan fingerprint density at radius 3 is 2.33 bits per heavy atom. The van der Waals surface area contributed by atoms with E-state index in [1.54, 1.807) is 0 Å². The molecule has 0 saturated heterocycles. The molecule has 2 nitrogen and oxygen atoms in total. The third-order valence-electron chi connectivity index (χ3n) is 4.38. The van der Waals surface area contributed by atoms with E-state index in [2.05, 4.69) is 19.2 Å². The van der Waals surface area contributed by atoms with Crippen LogP contribution in [0.25, 0.3) is 0 Å². The molecule has 0 aliphatic heterocycles. The Hall–Kier alpha value is -0.0800. The zero-order chi connectivity index (χ0) is 10.9. The van der Waals surface area contributed by atoms with Crippen LogP contribution in [0.1, 0.15) is 58.8 Å². The van der Waals surface area contributed by atoms with Crippen molar-refractivity contribution in [2.24, 2.45) is 11.1 Å². The van der Waals surface area contributed by atoms with Gasteiger partial charge in [0.25, 0.3) is 0 Å². The summed E-state index contributed by atoms with van der Waals surface area (Å²) in [5.74, 6) is 0. The van der Waals surface area contributed by atoms with Gasteiger partial charge in [-0.1, -0.05) is 33.1 Å². The van der Waals surface area contributed by atoms with Crippen molar-refractivity contribution in [3.05, 3.63) is 0 Å². The van der Waals surface area contributed by atoms with Gasteiger partial charge in [0.1, 0.15) is 0 Å². The minimum atomic E-state index is 0.157. The van der Waals surface area contributed by atoms with Gasteiger partial charge >= 0.3 is 0 Å². The molecule has 0 aromatic heterocycles. The van der Waals surface area contributed by atoms with Gasteiger partial charge in [0, 0.05) is 11.6 Å². The lowest BCUT2D eigenvalue weighted by molar-refractivity contribution is 0.273. The molecule has 0 aromatic rings. The molecular weight excluding hydrogens is 184 g/mol. The fourth-order valence-electron chi connectivity index (χ4n) is 2.82. The molecule has 1 atom stereocenters. The minimum Gasteiger partial charge on any atom is -0.325 e. The summed E-state index contributed by atoms with van der Waals surface area (Å²) in [7, 11) is 0. The standard InChI is InChI=1S/C13H26N2/c1-12(2)10-11(12)15-9-8-13(14)6-4-3-5-7-13/h11,15H,3-10,14H2,1-2H3. The molecule has 3 N–H and O–H groups in total. The summed E-state index contributed by atoms with van der Waals surface area (Å²) in [5, 5.41) is 3.64. The second-order valence-electron chi connectivity index (χ2n) is 6.37. The number of hydrogen-bond donors (Lipinski definition) is 2. The van der Waals surface area contributed by atoms with Crippen LogP contribution < -0.4 is 11.1 Å². The highest BCUT2D eigenvalue weighted by atomic mass is 15.0. The first-order valence-corrected chi connectivity index (χ1v) is 6.54. The third kappa shape index (κ3) is 2.94. The van der Waals surface area contributed by atoms with Crippen molar-refractivity contribution >= 4 is 0 Å². The quantitative estimate of drug-likeness (QED) is 0.748. The molecule has 0 aromatic carbocycles. The Morgan fingerprint density at radius 2 is 1.80 bits per heavy atom. The molecule has 0 heterocycles. The van der Waals surface area contributed by atoms with Crippen molar-refractivity contribution in [2.75, 3.05) is 6.54 Å². The second-order valence-corrected chi connectivity index (χ2v) is 6.37. The zero-order valence-electron chi connectivity index (χ0n) is 10.3. The fourth-order valence-corrected chi connectivity index (χ4v) is 2.82. The van der Waals surface area contributed by atoms with E-state index in [4.69, 9.17) is 5.73 Å². The Labute approximate surface area is 94.0 Å². The van der Waals surface area contributed by atoms with E-state index in [9.17, 15) is 0 Å². The molecule has 2 aliphatic rings. The fraction of sp³-hybridized carbons (Fsp3) is 1.00. The molecule has 0 spiro atoms. The Kier molecular flexibility index (Phi) is 3.09. The summed E-state index contributed by atoms with van der Waals surface area (Å²) in [6.07, 6.45) is 9.05. The smallest absolute Gasteiger partial charge is 0.0166 e. The van der Waals surface area contributed by atoms with E-state index < -0.39 is 0 Å². The summed E-state index contributed by atoms with van der Waals surface area (Å²) in [5.41, 5.74) is 7.10. The SMILES string of the molecule is CC1(C)CC1NCCC1(N)CCCCC1. The average Bonchev–Trinajstić information content (AvgIpc) is 2.75. The highest BCUT2D eigenvalue weighted by Gasteiger charge is 2.45. The van der Waals surface area contributed by atoms with Gasteiger partial charge in [-0.2, -0.15) is 0 Å². The third-order valence-corrected chi connectivity index (χ3v) is 4.38. The summed E-state index contributed by atoms with van der Waals surface area (Å²) < 4.78 is 0. The lowest BCUT2D eigenvalue weighted by atomic mass is 9.80. The highest BCUT2D eigenvalue weighted by Crippen LogP contribution is 2.44. The molecule has 2 fully saturated rings. The Balaban J connectivity index is 1.65. The first kappa shape index (κ1) is 11.4. The normalized spacial score (nSPS) is 32.6. The van der Waals surface area contributed by atoms with Gasteiger partial charge in [0.15, 0.2) is 0 Å². The first-order chi connectivity index (χ1) is 7.02. The molecule has 1 unspecified atom stereocenters. The largest absolute Gasteiger partial charge is 0.325 e. The van der Waals surface area contributed by atoms with Crippen molar-refractivity contribution in [3.63, 3.8) is 0 Å². The number of nitrogens with one attached hydrogen (secondary N) is 1. The van der Waals surface area contributed by atoms with Gasteiger partial charge < -0.3 is 11.1 Å². The van der Waals surface area contributed by atoms with E-state index in [0.29, 0.717) is 5.41 Å². The summed E-state index contributed by atoms with van der Waals surface area (Å²) >= 11 is 0. The summed E-state index contributed by atoms with van der Waals surface area (Å²) in [6, 6.07) is 0.754. The van der Waals surface area contributed by atoms with Gasteiger partial charge in [0.05, 0.1) is 0 Å². The summed E-state index contributed by atoms with van der Waals surface area (Å²) in [4.78, 5) is 0. The van der Waals surface area contributed by atoms with Crippen molar-refractivity contribution in [3.8, 4) is 0 Å². The van der Waals surface area contributed by atoms with Crippen molar-refractivity contribution in [1.82, 2.24) is 5.32 Å². The Bertz CT molecular complexity index is 217. The van der Waals surface area contributed by atoms with Crippen LogP contribution in [0, 0.1) is 5.41 Å². The second kappa shape index (κ2) is 4.06. The average molecular weight is 210 g/mol. The van der Waals surface area contributed by atoms with Crippen molar-refractivity contribution in [2.45, 2.75) is 70.4 Å². The van der Waals surface area contributed by atoms with Gasteiger partial charge in [-0.25, -0.2) is 0 Å². The maximum atomic E-state index is 6.39. The van der Waals surface area contributed by atoms with Crippen LogP contribution in [0.2, 0.25) is 0 Å². The van der Waals surface area contributed by atoms with Crippen LogP contribution in [0.3, 0.4) is 0 Å². The van der Waals surface area contributed by atoms with Crippen molar-refractivity contribution in [1.29, 1.82) is 0 Å². The minimum absolute atomic E-state index is 0.157. The van der Waals surface area contributed by atoms with Gasteiger partial charge in [0.2, 0.25) is 0 Å². The summed E-state index contributed by atoms with van der Waals surface area (Å²) in [6.45, 7) is 5.79. The van der Waals surface area contributed by atoms with Gasteiger partial charge in [-0.05, 0) is 37.6 Å². The molecule has 2 heteroatoms. The predicted molar refractivity (Wildman–Crippen MR) is 64.8 cm³/mol. The van der Waals surface area contributed by atoms with Crippen LogP contribution in [0.4, 0.5) is 0 Å². The molecule has 0 amide bonds. The van der Waals surface area contributed by atoms with E-state index in [0.717, 1.165) is 12.6 Å². The predicted octanol–water partition coefficient (Wildman–Crippen LogP) is 2.43. The monoisotopic (exact) mass is 210 g/mol. The molecule has 2 aliphatic carbocycles. The van der Waals surface area contributed by atoms with Crippen molar-refractivity contribution < 1.29 is 0 Å². The molecule has 0 radical (unpaired) electrons. The van der Waals surface area contributed by atoms with E-state index in [-0.39, 0.29) is 5.54 Å². The lowest BCUT2D eigenvalue weighted by Gasteiger charge is -2.33. The van der Waals surface area contributed by atoms with Crippen LogP contribution in [0.15, 0.2) is 0 Å². The first-order valence-electron chi connectivity index (χ1n) is 6.54. The van der Waals surface area contributed by atoms with Crippen LogP contribution in [-0.4, -0.2) is 18.1 Å². The van der Waals surface area contributed by atoms with E-state index in [1.807, 2.05) is 0 Å². The van der Waals surface area contributed by atoms with E-state index in [1.165, 1.54) is 44.9 Å². The van der Waals surface area contributed by atoms with Gasteiger partial charge in [-0.15, -0.1) is 0 Å². The molecule has 15 heavy (non-hydrogen) atoms. The number of hydrogen-bond acceptors (Lipinski definition) is 2. The molecule has 2 rings (SSSR count). The zero-order valence-corrected chi connectivity index (χ0v) is 10.3. The number of nitrogens with two attached hydrogens (primary N) is 1. The van der Waals surface area contributed by atoms with Crippen LogP contribution in [0.5, 0.6) is 0 Å². The highest BCUT2D eigenvalue weighted by molar-refractivity contribution is 5.01. The Morgan fingerprint density at radius 1 is 1.20 bits per heavy atom. The van der Waals surface area contributed by atoms with Crippen LogP contribution >= 0.6 is 0 Å². The van der Waals surface area contributed by atoms with Gasteiger partial charge in [-0.3, -0.25) is 0 Å². The topological polar surface area (TPSA) is 38.0 Å². The maximum Gasteiger partial charge on any atom is 0.0166 e. The lowest BCUT2D eigenvalue weighted by Crippen LogP contribution is -2.44.